The highest BCUT2D eigenvalue weighted by Gasteiger charge is 2.26. The summed E-state index contributed by atoms with van der Waals surface area (Å²) in [5, 5.41) is 0.890. The molecule has 22 heavy (non-hydrogen) atoms. The first kappa shape index (κ1) is 16.7. The minimum atomic E-state index is 0.00235. The van der Waals surface area contributed by atoms with Crippen molar-refractivity contribution in [3.05, 3.63) is 22.7 Å². The number of carbonyl (C=O) groups excluding carboxylic acids is 1. The van der Waals surface area contributed by atoms with E-state index >= 15 is 0 Å². The fourth-order valence-corrected chi connectivity index (χ4v) is 3.83. The van der Waals surface area contributed by atoms with Crippen LogP contribution in [0, 0.1) is 0 Å². The molecule has 0 aliphatic heterocycles. The van der Waals surface area contributed by atoms with Gasteiger partial charge in [-0.3, -0.25) is 4.79 Å². The van der Waals surface area contributed by atoms with Crippen molar-refractivity contribution in [1.29, 1.82) is 0 Å². The molecule has 0 aliphatic rings. The molecule has 120 valence electrons. The van der Waals surface area contributed by atoms with Crippen LogP contribution in [-0.2, 0) is 6.42 Å². The lowest BCUT2D eigenvalue weighted by Gasteiger charge is -2.30. The van der Waals surface area contributed by atoms with Crippen LogP contribution in [0.4, 0.5) is 5.69 Å². The van der Waals surface area contributed by atoms with E-state index in [4.69, 9.17) is 5.73 Å². The summed E-state index contributed by atoms with van der Waals surface area (Å²) in [6.07, 6.45) is 2.00. The Bertz CT molecular complexity index is 668. The monoisotopic (exact) mass is 319 g/mol. The Hall–Kier alpha value is -1.62. The number of hydrogen-bond acceptors (Lipinski definition) is 4. The van der Waals surface area contributed by atoms with Crippen LogP contribution in [-0.4, -0.2) is 27.9 Å². The van der Waals surface area contributed by atoms with Crippen molar-refractivity contribution in [2.75, 3.05) is 5.73 Å². The first-order chi connectivity index (χ1) is 10.4. The Morgan fingerprint density at radius 2 is 1.91 bits per heavy atom. The molecular weight excluding hydrogens is 294 g/mol. The fraction of sp³-hybridized carbons (Fsp3) is 0.529. The van der Waals surface area contributed by atoms with Crippen molar-refractivity contribution in [2.45, 2.75) is 59.5 Å². The van der Waals surface area contributed by atoms with Crippen molar-refractivity contribution in [1.82, 2.24) is 9.88 Å². The van der Waals surface area contributed by atoms with Crippen molar-refractivity contribution in [3.8, 4) is 0 Å². The summed E-state index contributed by atoms with van der Waals surface area (Å²) in [7, 11) is 0. The Labute approximate surface area is 136 Å². The third kappa shape index (κ3) is 3.09. The van der Waals surface area contributed by atoms with Crippen LogP contribution in [0.3, 0.4) is 0 Å². The van der Waals surface area contributed by atoms with Crippen molar-refractivity contribution in [2.24, 2.45) is 0 Å². The highest BCUT2D eigenvalue weighted by molar-refractivity contribution is 7.21. The summed E-state index contributed by atoms with van der Waals surface area (Å²) in [5.74, 6) is 0.00235. The molecule has 2 N–H and O–H groups in total. The van der Waals surface area contributed by atoms with Crippen LogP contribution < -0.4 is 5.73 Å². The lowest BCUT2D eigenvalue weighted by atomic mass is 10.1. The molecule has 0 bridgehead atoms. The van der Waals surface area contributed by atoms with E-state index in [2.05, 4.69) is 11.9 Å². The number of pyridine rings is 1. The molecule has 1 amide bonds. The van der Waals surface area contributed by atoms with Gasteiger partial charge in [0, 0.05) is 23.2 Å². The van der Waals surface area contributed by atoms with Gasteiger partial charge in [0.1, 0.15) is 9.71 Å². The average Bonchev–Trinajstić information content (AvgIpc) is 2.75. The van der Waals surface area contributed by atoms with Gasteiger partial charge >= 0.3 is 0 Å². The summed E-state index contributed by atoms with van der Waals surface area (Å²) in [6.45, 7) is 10.2. The van der Waals surface area contributed by atoms with E-state index in [1.54, 1.807) is 0 Å². The zero-order valence-corrected chi connectivity index (χ0v) is 14.8. The predicted molar refractivity (Wildman–Crippen MR) is 94.5 cm³/mol. The lowest BCUT2D eigenvalue weighted by Crippen LogP contribution is -2.41. The summed E-state index contributed by atoms with van der Waals surface area (Å²) in [5.41, 5.74) is 7.84. The van der Waals surface area contributed by atoms with Gasteiger partial charge in [-0.05, 0) is 46.2 Å². The van der Waals surface area contributed by atoms with Gasteiger partial charge in [0.15, 0.2) is 0 Å². The van der Waals surface area contributed by atoms with Crippen molar-refractivity contribution >= 4 is 33.1 Å². The Kier molecular flexibility index (Phi) is 5.06. The molecule has 0 spiro atoms. The average molecular weight is 319 g/mol. The third-order valence-electron chi connectivity index (χ3n) is 3.70. The van der Waals surface area contributed by atoms with Gasteiger partial charge in [-0.1, -0.05) is 13.3 Å². The summed E-state index contributed by atoms with van der Waals surface area (Å²) in [4.78, 5) is 20.8. The first-order valence-electron chi connectivity index (χ1n) is 7.87. The topological polar surface area (TPSA) is 59.2 Å². The number of aromatic nitrogens is 1. The predicted octanol–water partition coefficient (Wildman–Crippen LogP) is 4.09. The molecule has 5 heteroatoms. The maximum atomic E-state index is 12.9. The number of nitrogens with zero attached hydrogens (tertiary/aromatic N) is 2. The van der Waals surface area contributed by atoms with Crippen LogP contribution >= 0.6 is 11.3 Å². The number of hydrogen-bond donors (Lipinski definition) is 1. The number of nitrogen functional groups attached to an aromatic ring is 1. The molecule has 0 saturated heterocycles. The molecule has 4 nitrogen and oxygen atoms in total. The van der Waals surface area contributed by atoms with Crippen LogP contribution in [0.2, 0.25) is 0 Å². The van der Waals surface area contributed by atoms with Gasteiger partial charge in [-0.15, -0.1) is 11.3 Å². The zero-order chi connectivity index (χ0) is 16.4. The summed E-state index contributed by atoms with van der Waals surface area (Å²) < 4.78 is 0. The molecule has 2 heterocycles. The van der Waals surface area contributed by atoms with Crippen LogP contribution in [0.5, 0.6) is 0 Å². The normalized spacial score (nSPS) is 11.6. The van der Waals surface area contributed by atoms with Gasteiger partial charge in [0.2, 0.25) is 0 Å². The van der Waals surface area contributed by atoms with Gasteiger partial charge in [0.25, 0.3) is 5.91 Å². The van der Waals surface area contributed by atoms with E-state index in [-0.39, 0.29) is 18.0 Å². The molecule has 0 unspecified atom stereocenters. The smallest absolute Gasteiger partial charge is 0.266 e. The molecule has 2 aromatic heterocycles. The molecule has 0 aromatic carbocycles. The van der Waals surface area contributed by atoms with Crippen LogP contribution in [0.1, 0.15) is 56.4 Å². The molecule has 2 aromatic rings. The van der Waals surface area contributed by atoms with E-state index in [1.807, 2.05) is 44.7 Å². The third-order valence-corrected chi connectivity index (χ3v) is 4.80. The molecule has 0 fully saturated rings. The summed E-state index contributed by atoms with van der Waals surface area (Å²) in [6, 6.07) is 4.28. The number of rotatable bonds is 5. The van der Waals surface area contributed by atoms with Gasteiger partial charge in [0.05, 0.1) is 5.69 Å². The number of amides is 1. The van der Waals surface area contributed by atoms with Crippen molar-refractivity contribution in [3.63, 3.8) is 0 Å². The fourth-order valence-electron chi connectivity index (χ4n) is 2.77. The quantitative estimate of drug-likeness (QED) is 0.903. The SMILES string of the molecule is CCCc1ccc2c(N)c(C(=O)N(C(C)C)C(C)C)sc2n1. The maximum Gasteiger partial charge on any atom is 0.266 e. The number of anilines is 1. The lowest BCUT2D eigenvalue weighted by molar-refractivity contribution is 0.0650. The van der Waals surface area contributed by atoms with E-state index < -0.39 is 0 Å². The van der Waals surface area contributed by atoms with Gasteiger partial charge in [-0.2, -0.15) is 0 Å². The minimum Gasteiger partial charge on any atom is -0.397 e. The van der Waals surface area contributed by atoms with Crippen LogP contribution in [0.15, 0.2) is 12.1 Å². The first-order valence-corrected chi connectivity index (χ1v) is 8.69. The number of fused-ring (bicyclic) bond motifs is 1. The standard InChI is InChI=1S/C17H25N3OS/c1-6-7-12-8-9-13-14(18)15(22-16(13)19-12)17(21)20(10(2)3)11(4)5/h8-11H,6-7,18H2,1-5H3. The molecule has 2 rings (SSSR count). The van der Waals surface area contributed by atoms with E-state index in [9.17, 15) is 4.79 Å². The number of aryl methyl sites for hydroxylation is 1. The minimum absolute atomic E-state index is 0.00235. The second kappa shape index (κ2) is 6.65. The van der Waals surface area contributed by atoms with E-state index in [1.165, 1.54) is 11.3 Å². The Morgan fingerprint density at radius 3 is 2.45 bits per heavy atom. The van der Waals surface area contributed by atoms with Gasteiger partial charge < -0.3 is 10.6 Å². The maximum absolute atomic E-state index is 12.9. The number of carbonyl (C=O) groups is 1. The highest BCUT2D eigenvalue weighted by atomic mass is 32.1. The van der Waals surface area contributed by atoms with Gasteiger partial charge in [-0.25, -0.2) is 4.98 Å². The van der Waals surface area contributed by atoms with Crippen LogP contribution in [0.25, 0.3) is 10.2 Å². The summed E-state index contributed by atoms with van der Waals surface area (Å²) >= 11 is 1.41. The second-order valence-electron chi connectivity index (χ2n) is 6.15. The Balaban J connectivity index is 2.47. The van der Waals surface area contributed by atoms with Crippen molar-refractivity contribution < 1.29 is 4.79 Å². The molecular formula is C17H25N3OS. The second-order valence-corrected chi connectivity index (χ2v) is 7.15. The molecule has 0 aliphatic carbocycles. The highest BCUT2D eigenvalue weighted by Crippen LogP contribution is 2.34. The largest absolute Gasteiger partial charge is 0.397 e. The Morgan fingerprint density at radius 1 is 1.27 bits per heavy atom. The van der Waals surface area contributed by atoms with E-state index in [0.29, 0.717) is 10.6 Å². The zero-order valence-electron chi connectivity index (χ0n) is 14.0. The number of nitrogens with two attached hydrogens (primary N) is 1. The van der Waals surface area contributed by atoms with E-state index in [0.717, 1.165) is 28.8 Å². The molecule has 0 atom stereocenters. The number of thiophene rings is 1. The molecule has 0 saturated carbocycles. The molecule has 0 radical (unpaired) electrons.